The molecule has 1 heterocycles. The van der Waals surface area contributed by atoms with Crippen LogP contribution in [0.2, 0.25) is 0 Å². The average Bonchev–Trinajstić information content (AvgIpc) is 2.17. The molecule has 1 amide bonds. The molecule has 102 valence electrons. The van der Waals surface area contributed by atoms with Crippen molar-refractivity contribution < 1.29 is 35.7 Å². The average molecular weight is 275 g/mol. The first-order valence-electron chi connectivity index (χ1n) is 5.44. The number of nitrogens with two attached hydrogens (primary N) is 1. The monoisotopic (exact) mass is 274 g/mol. The van der Waals surface area contributed by atoms with E-state index in [2.05, 4.69) is 10.6 Å². The predicted molar refractivity (Wildman–Crippen MR) is 52.7 cm³/mol. The molecule has 0 saturated carbocycles. The second-order valence-corrected chi connectivity index (χ2v) is 4.81. The van der Waals surface area contributed by atoms with E-state index in [1.165, 1.54) is 0 Å². The smallest absolute Gasteiger partial charge is 0.471 e. The first-order valence-corrected chi connectivity index (χ1v) is 5.44. The molecule has 0 aromatic heterocycles. The van der Waals surface area contributed by atoms with Gasteiger partial charge in [0.1, 0.15) is 0 Å². The number of carbonyl (C=O) groups is 1. The third-order valence-corrected chi connectivity index (χ3v) is 3.15. The third-order valence-electron chi connectivity index (χ3n) is 3.15. The second kappa shape index (κ2) is 5.91. The van der Waals surface area contributed by atoms with Crippen LogP contribution in [0.15, 0.2) is 0 Å². The molecule has 7 heteroatoms. The highest BCUT2D eigenvalue weighted by atomic mass is 35.5. The Morgan fingerprint density at radius 3 is 2.12 bits per heavy atom. The molecule has 1 fully saturated rings. The van der Waals surface area contributed by atoms with E-state index in [1.807, 2.05) is 0 Å². The van der Waals surface area contributed by atoms with Crippen LogP contribution in [0.4, 0.5) is 13.2 Å². The van der Waals surface area contributed by atoms with Crippen LogP contribution < -0.4 is 23.0 Å². The zero-order valence-electron chi connectivity index (χ0n) is 9.90. The van der Waals surface area contributed by atoms with Crippen LogP contribution in [0.3, 0.4) is 0 Å². The Balaban J connectivity index is 0.00000256. The third kappa shape index (κ3) is 4.71. The van der Waals surface area contributed by atoms with Gasteiger partial charge in [0.25, 0.3) is 0 Å². The summed E-state index contributed by atoms with van der Waals surface area (Å²) in [4.78, 5) is 10.9. The minimum Gasteiger partial charge on any atom is -1.00 e. The zero-order chi connectivity index (χ0) is 12.4. The Hall–Kier alpha value is -0.490. The summed E-state index contributed by atoms with van der Waals surface area (Å²) in [5.41, 5.74) is -0.791. The summed E-state index contributed by atoms with van der Waals surface area (Å²) in [5, 5.41) is 4.23. The summed E-state index contributed by atoms with van der Waals surface area (Å²) in [6.07, 6.45) is -3.12. The molecule has 1 rings (SSSR count). The van der Waals surface area contributed by atoms with Crippen LogP contribution in [-0.4, -0.2) is 30.7 Å². The second-order valence-electron chi connectivity index (χ2n) is 4.81. The molecule has 0 atom stereocenters. The topological polar surface area (TPSA) is 45.7 Å². The lowest BCUT2D eigenvalue weighted by atomic mass is 9.81. The zero-order valence-corrected chi connectivity index (χ0v) is 10.7. The van der Waals surface area contributed by atoms with Crippen LogP contribution in [0, 0.1) is 5.92 Å². The highest BCUT2D eigenvalue weighted by Gasteiger charge is 2.43. The maximum Gasteiger partial charge on any atom is 0.471 e. The molecular formula is C10H18ClF3N2O. The summed E-state index contributed by atoms with van der Waals surface area (Å²) in [7, 11) is 0. The van der Waals surface area contributed by atoms with Crippen molar-refractivity contribution in [3.8, 4) is 0 Å². The van der Waals surface area contributed by atoms with Gasteiger partial charge in [0.05, 0.1) is 13.1 Å². The van der Waals surface area contributed by atoms with E-state index in [-0.39, 0.29) is 18.3 Å². The number of carbonyl (C=O) groups excluding carboxylic acids is 1. The number of piperidine rings is 1. The summed E-state index contributed by atoms with van der Waals surface area (Å²) < 4.78 is 36.4. The minimum absolute atomic E-state index is 0. The fourth-order valence-corrected chi connectivity index (χ4v) is 2.11. The maximum atomic E-state index is 12.1. The lowest BCUT2D eigenvalue weighted by molar-refractivity contribution is -0.665. The van der Waals surface area contributed by atoms with Crippen molar-refractivity contribution in [2.24, 2.45) is 5.92 Å². The number of halogens is 4. The Morgan fingerprint density at radius 2 is 1.71 bits per heavy atom. The molecule has 3 N–H and O–H groups in total. The number of rotatable bonds is 2. The van der Waals surface area contributed by atoms with Gasteiger partial charge in [0.15, 0.2) is 0 Å². The molecular weight excluding hydrogens is 257 g/mol. The van der Waals surface area contributed by atoms with Crippen LogP contribution >= 0.6 is 0 Å². The highest BCUT2D eigenvalue weighted by Crippen LogP contribution is 2.26. The number of hydrogen-bond acceptors (Lipinski definition) is 1. The number of quaternary nitrogens is 1. The Morgan fingerprint density at radius 1 is 1.24 bits per heavy atom. The quantitative estimate of drug-likeness (QED) is 0.571. The van der Waals surface area contributed by atoms with Gasteiger partial charge < -0.3 is 23.0 Å². The molecule has 0 bridgehead atoms. The minimum atomic E-state index is -4.79. The molecule has 1 saturated heterocycles. The first-order chi connectivity index (χ1) is 7.23. The van der Waals surface area contributed by atoms with E-state index in [9.17, 15) is 18.0 Å². The summed E-state index contributed by atoms with van der Waals surface area (Å²) in [6, 6.07) is 0. The first kappa shape index (κ1) is 16.5. The molecule has 0 aliphatic carbocycles. The molecule has 0 aromatic carbocycles. The molecule has 17 heavy (non-hydrogen) atoms. The van der Waals surface area contributed by atoms with E-state index in [4.69, 9.17) is 0 Å². The van der Waals surface area contributed by atoms with E-state index >= 15 is 0 Å². The van der Waals surface area contributed by atoms with Crippen molar-refractivity contribution in [1.29, 1.82) is 0 Å². The van der Waals surface area contributed by atoms with Crippen LogP contribution in [0.5, 0.6) is 0 Å². The summed E-state index contributed by atoms with van der Waals surface area (Å²) >= 11 is 0. The van der Waals surface area contributed by atoms with Gasteiger partial charge in [0, 0.05) is 18.4 Å². The molecule has 0 aromatic rings. The van der Waals surface area contributed by atoms with Gasteiger partial charge in [-0.1, -0.05) is 0 Å². The molecule has 3 nitrogen and oxygen atoms in total. The van der Waals surface area contributed by atoms with Gasteiger partial charge in [-0.15, -0.1) is 0 Å². The SMILES string of the molecule is CC(C)(NC(=O)C(F)(F)F)C1CC[NH2+]CC1.[Cl-]. The molecule has 0 spiro atoms. The van der Waals surface area contributed by atoms with Crippen LogP contribution in [-0.2, 0) is 4.79 Å². The Bertz CT molecular complexity index is 263. The standard InChI is InChI=1S/C10H17F3N2O.ClH/c1-9(2,7-3-5-14-6-4-7)15-8(16)10(11,12)13;/h7,14H,3-6H2,1-2H3,(H,15,16);1H. The van der Waals surface area contributed by atoms with Crippen molar-refractivity contribution >= 4 is 5.91 Å². The number of amides is 1. The van der Waals surface area contributed by atoms with Gasteiger partial charge in [-0.3, -0.25) is 4.79 Å². The number of hydrogen-bond donors (Lipinski definition) is 2. The Labute approximate surface area is 105 Å². The normalized spacial score (nSPS) is 18.4. The van der Waals surface area contributed by atoms with E-state index < -0.39 is 17.6 Å². The summed E-state index contributed by atoms with van der Waals surface area (Å²) in [6.45, 7) is 5.14. The van der Waals surface area contributed by atoms with E-state index in [0.29, 0.717) is 0 Å². The van der Waals surface area contributed by atoms with Crippen molar-refractivity contribution in [2.45, 2.75) is 38.4 Å². The molecule has 0 unspecified atom stereocenters. The van der Waals surface area contributed by atoms with Gasteiger partial charge in [0.2, 0.25) is 0 Å². The molecule has 1 aliphatic heterocycles. The lowest BCUT2D eigenvalue weighted by Crippen LogP contribution is -3.00. The van der Waals surface area contributed by atoms with Crippen molar-refractivity contribution in [2.75, 3.05) is 13.1 Å². The molecule has 1 aliphatic rings. The van der Waals surface area contributed by atoms with Crippen molar-refractivity contribution in [1.82, 2.24) is 5.32 Å². The van der Waals surface area contributed by atoms with Gasteiger partial charge in [-0.2, -0.15) is 13.2 Å². The largest absolute Gasteiger partial charge is 1.00 e. The van der Waals surface area contributed by atoms with E-state index in [0.717, 1.165) is 25.9 Å². The predicted octanol–water partition coefficient (Wildman–Crippen LogP) is -2.58. The fraction of sp³-hybridized carbons (Fsp3) is 0.900. The van der Waals surface area contributed by atoms with Gasteiger partial charge >= 0.3 is 12.1 Å². The number of alkyl halides is 3. The van der Waals surface area contributed by atoms with Crippen LogP contribution in [0.1, 0.15) is 26.7 Å². The highest BCUT2D eigenvalue weighted by molar-refractivity contribution is 5.82. The van der Waals surface area contributed by atoms with Crippen LogP contribution in [0.25, 0.3) is 0 Å². The fourth-order valence-electron chi connectivity index (χ4n) is 2.11. The maximum absolute atomic E-state index is 12.1. The lowest BCUT2D eigenvalue weighted by Gasteiger charge is -2.36. The van der Waals surface area contributed by atoms with Gasteiger partial charge in [-0.05, 0) is 19.8 Å². The van der Waals surface area contributed by atoms with Crippen molar-refractivity contribution in [3.05, 3.63) is 0 Å². The van der Waals surface area contributed by atoms with E-state index in [1.54, 1.807) is 13.8 Å². The van der Waals surface area contributed by atoms with Gasteiger partial charge in [-0.25, -0.2) is 0 Å². The van der Waals surface area contributed by atoms with Crippen molar-refractivity contribution in [3.63, 3.8) is 0 Å². The number of nitrogens with one attached hydrogen (secondary N) is 1. The Kier molecular flexibility index (Phi) is 5.74. The molecule has 0 radical (unpaired) electrons. The summed E-state index contributed by atoms with van der Waals surface area (Å²) in [5.74, 6) is -1.73.